The third-order valence-corrected chi connectivity index (χ3v) is 4.26. The molecule has 0 aliphatic carbocycles. The monoisotopic (exact) mass is 355 g/mol. The molecule has 0 amide bonds. The maximum atomic E-state index is 11.7. The highest BCUT2D eigenvalue weighted by molar-refractivity contribution is 5.36. The molecule has 3 rings (SSSR count). The number of aryl methyl sites for hydroxylation is 1. The van der Waals surface area contributed by atoms with E-state index in [0.717, 1.165) is 22.8 Å². The van der Waals surface area contributed by atoms with Crippen molar-refractivity contribution in [3.8, 4) is 17.2 Å². The van der Waals surface area contributed by atoms with Gasteiger partial charge in [-0.3, -0.25) is 4.79 Å². The van der Waals surface area contributed by atoms with Gasteiger partial charge in [0.25, 0.3) is 0 Å². The molecule has 0 fully saturated rings. The Morgan fingerprint density at radius 3 is 2.65 bits per heavy atom. The van der Waals surface area contributed by atoms with Crippen molar-refractivity contribution in [2.45, 2.75) is 20.0 Å². The fourth-order valence-electron chi connectivity index (χ4n) is 2.62. The lowest BCUT2D eigenvalue weighted by molar-refractivity contribution is 0.414. The van der Waals surface area contributed by atoms with Gasteiger partial charge in [0.15, 0.2) is 5.75 Å². The Morgan fingerprint density at radius 2 is 1.96 bits per heavy atom. The van der Waals surface area contributed by atoms with Gasteiger partial charge in [-0.2, -0.15) is 0 Å². The lowest BCUT2D eigenvalue weighted by atomic mass is 10.2. The highest BCUT2D eigenvalue weighted by Crippen LogP contribution is 2.15. The van der Waals surface area contributed by atoms with E-state index in [0.29, 0.717) is 18.8 Å². The summed E-state index contributed by atoms with van der Waals surface area (Å²) in [6.45, 7) is 2.62. The van der Waals surface area contributed by atoms with Gasteiger partial charge in [0.05, 0.1) is 30.4 Å². The van der Waals surface area contributed by atoms with Crippen LogP contribution in [0.3, 0.4) is 0 Å². The predicted octanol–water partition coefficient (Wildman–Crippen LogP) is 1.28. The number of benzene rings is 1. The Labute approximate surface area is 150 Å². The van der Waals surface area contributed by atoms with Crippen LogP contribution in [0.2, 0.25) is 0 Å². The van der Waals surface area contributed by atoms with E-state index in [-0.39, 0.29) is 11.2 Å². The highest BCUT2D eigenvalue weighted by atomic mass is 16.5. The number of hydrogen-bond acceptors (Lipinski definition) is 6. The molecule has 8 heteroatoms. The molecule has 8 nitrogen and oxygen atoms in total. The van der Waals surface area contributed by atoms with E-state index >= 15 is 0 Å². The van der Waals surface area contributed by atoms with Gasteiger partial charge in [-0.05, 0) is 31.2 Å². The summed E-state index contributed by atoms with van der Waals surface area (Å²) in [4.78, 5) is 11.7. The number of aromatic nitrogens is 4. The normalized spacial score (nSPS) is 10.9. The fourth-order valence-corrected chi connectivity index (χ4v) is 2.62. The van der Waals surface area contributed by atoms with Crippen LogP contribution in [0.5, 0.6) is 11.5 Å². The zero-order valence-electron chi connectivity index (χ0n) is 14.9. The number of nitrogens with zero attached hydrogens (tertiary/aromatic N) is 4. The number of aromatic hydroxyl groups is 1. The Kier molecular flexibility index (Phi) is 5.04. The molecule has 2 aromatic heterocycles. The summed E-state index contributed by atoms with van der Waals surface area (Å²) in [6.07, 6.45) is 1.82. The molecule has 3 aromatic rings. The van der Waals surface area contributed by atoms with Crippen LogP contribution in [0, 0.1) is 6.92 Å². The zero-order valence-corrected chi connectivity index (χ0v) is 14.9. The Bertz CT molecular complexity index is 960. The lowest BCUT2D eigenvalue weighted by Crippen LogP contribution is -2.20. The lowest BCUT2D eigenvalue weighted by Gasteiger charge is -2.13. The molecule has 0 radical (unpaired) electrons. The van der Waals surface area contributed by atoms with Crippen molar-refractivity contribution >= 4 is 0 Å². The van der Waals surface area contributed by atoms with E-state index in [2.05, 4.69) is 15.6 Å². The first-order chi connectivity index (χ1) is 12.5. The molecular formula is C18H21N5O3. The largest absolute Gasteiger partial charge is 0.503 e. The standard InChI is InChI=1S/C18H21N5O3/c1-12-8-17(24)18(25)16(22(12)2)10-19-9-13-11-23(21-20-13)14-4-6-15(26-3)7-5-14/h4-8,11,19,25H,9-10H2,1-3H3. The number of nitrogens with one attached hydrogen (secondary N) is 1. The van der Waals surface area contributed by atoms with Crippen LogP contribution in [0.25, 0.3) is 5.69 Å². The summed E-state index contributed by atoms with van der Waals surface area (Å²) < 4.78 is 8.61. The third kappa shape index (κ3) is 3.60. The second-order valence-corrected chi connectivity index (χ2v) is 5.96. The summed E-state index contributed by atoms with van der Waals surface area (Å²) in [5.41, 5.74) is 2.58. The second kappa shape index (κ2) is 7.40. The van der Waals surface area contributed by atoms with E-state index in [1.54, 1.807) is 16.4 Å². The summed E-state index contributed by atoms with van der Waals surface area (Å²) >= 11 is 0. The van der Waals surface area contributed by atoms with Crippen molar-refractivity contribution in [1.82, 2.24) is 24.9 Å². The van der Waals surface area contributed by atoms with Crippen LogP contribution in [-0.4, -0.2) is 31.8 Å². The molecule has 0 saturated heterocycles. The molecular weight excluding hydrogens is 334 g/mol. The van der Waals surface area contributed by atoms with E-state index in [4.69, 9.17) is 4.74 Å². The molecule has 2 heterocycles. The highest BCUT2D eigenvalue weighted by Gasteiger charge is 2.11. The minimum absolute atomic E-state index is 0.229. The topological polar surface area (TPSA) is 94.2 Å². The zero-order chi connectivity index (χ0) is 18.7. The molecule has 0 unspecified atom stereocenters. The molecule has 0 aliphatic heterocycles. The number of rotatable bonds is 6. The van der Waals surface area contributed by atoms with Crippen LogP contribution < -0.4 is 15.5 Å². The number of pyridine rings is 1. The molecule has 0 saturated carbocycles. The van der Waals surface area contributed by atoms with Gasteiger partial charge in [-0.15, -0.1) is 5.10 Å². The molecule has 0 spiro atoms. The Hall–Kier alpha value is -3.13. The first kappa shape index (κ1) is 17.7. The summed E-state index contributed by atoms with van der Waals surface area (Å²) in [5, 5.41) is 21.4. The van der Waals surface area contributed by atoms with Gasteiger partial charge in [0, 0.05) is 31.9 Å². The Balaban J connectivity index is 1.66. The van der Waals surface area contributed by atoms with Crippen LogP contribution in [0.1, 0.15) is 17.1 Å². The summed E-state index contributed by atoms with van der Waals surface area (Å²) in [7, 11) is 3.43. The average Bonchev–Trinajstić information content (AvgIpc) is 3.12. The summed E-state index contributed by atoms with van der Waals surface area (Å²) in [5.74, 6) is 0.548. The SMILES string of the molecule is COc1ccc(-n2cc(CNCc3c(O)c(=O)cc(C)n3C)nn2)cc1. The number of methoxy groups -OCH3 is 1. The predicted molar refractivity (Wildman–Crippen MR) is 96.5 cm³/mol. The van der Waals surface area contributed by atoms with Gasteiger partial charge < -0.3 is 19.7 Å². The van der Waals surface area contributed by atoms with Gasteiger partial charge >= 0.3 is 0 Å². The quantitative estimate of drug-likeness (QED) is 0.692. The van der Waals surface area contributed by atoms with E-state index in [1.807, 2.05) is 44.4 Å². The molecule has 0 aliphatic rings. The van der Waals surface area contributed by atoms with Crippen molar-refractivity contribution in [2.75, 3.05) is 7.11 Å². The van der Waals surface area contributed by atoms with Crippen LogP contribution in [0.15, 0.2) is 41.3 Å². The van der Waals surface area contributed by atoms with Crippen LogP contribution >= 0.6 is 0 Å². The smallest absolute Gasteiger partial charge is 0.223 e. The van der Waals surface area contributed by atoms with E-state index in [1.165, 1.54) is 6.07 Å². The van der Waals surface area contributed by atoms with Crippen molar-refractivity contribution < 1.29 is 9.84 Å². The van der Waals surface area contributed by atoms with Crippen LogP contribution in [0.4, 0.5) is 0 Å². The third-order valence-electron chi connectivity index (χ3n) is 4.26. The minimum Gasteiger partial charge on any atom is -0.503 e. The van der Waals surface area contributed by atoms with Crippen LogP contribution in [-0.2, 0) is 20.1 Å². The second-order valence-electron chi connectivity index (χ2n) is 5.96. The van der Waals surface area contributed by atoms with Crippen molar-refractivity contribution in [2.24, 2.45) is 7.05 Å². The van der Waals surface area contributed by atoms with Crippen molar-refractivity contribution in [3.63, 3.8) is 0 Å². The van der Waals surface area contributed by atoms with E-state index < -0.39 is 0 Å². The van der Waals surface area contributed by atoms with Gasteiger partial charge in [-0.25, -0.2) is 4.68 Å². The van der Waals surface area contributed by atoms with Gasteiger partial charge in [-0.1, -0.05) is 5.21 Å². The van der Waals surface area contributed by atoms with Crippen molar-refractivity contribution in [3.05, 3.63) is 63.8 Å². The Morgan fingerprint density at radius 1 is 1.23 bits per heavy atom. The first-order valence-corrected chi connectivity index (χ1v) is 8.14. The van der Waals surface area contributed by atoms with Crippen molar-refractivity contribution in [1.29, 1.82) is 0 Å². The molecule has 2 N–H and O–H groups in total. The summed E-state index contributed by atoms with van der Waals surface area (Å²) in [6, 6.07) is 8.92. The van der Waals surface area contributed by atoms with Gasteiger partial charge in [0.2, 0.25) is 5.43 Å². The van der Waals surface area contributed by atoms with E-state index in [9.17, 15) is 9.90 Å². The number of ether oxygens (including phenoxy) is 1. The maximum Gasteiger partial charge on any atom is 0.223 e. The molecule has 136 valence electrons. The number of hydrogen-bond donors (Lipinski definition) is 2. The average molecular weight is 355 g/mol. The van der Waals surface area contributed by atoms with Gasteiger partial charge in [0.1, 0.15) is 5.75 Å². The first-order valence-electron chi connectivity index (χ1n) is 8.14. The molecule has 1 aromatic carbocycles. The molecule has 0 bridgehead atoms. The fraction of sp³-hybridized carbons (Fsp3) is 0.278. The maximum absolute atomic E-state index is 11.7. The minimum atomic E-state index is -0.372. The molecule has 26 heavy (non-hydrogen) atoms. The molecule has 0 atom stereocenters.